The first-order valence-corrected chi connectivity index (χ1v) is 7.27. The molecule has 2 aromatic rings. The van der Waals surface area contributed by atoms with Crippen LogP contribution in [0.1, 0.15) is 33.9 Å². The van der Waals surface area contributed by atoms with Gasteiger partial charge in [0.1, 0.15) is 5.76 Å². The normalized spacial score (nSPS) is 20.1. The fourth-order valence-electron chi connectivity index (χ4n) is 3.16. The molecule has 110 valence electrons. The number of aromatic amines is 1. The number of fused-ring (bicyclic) bond motifs is 3. The molecule has 2 aromatic heterocycles. The number of hydrogen-bond donors (Lipinski definition) is 2. The molecule has 0 aromatic carbocycles. The smallest absolute Gasteiger partial charge is 0.287 e. The summed E-state index contributed by atoms with van der Waals surface area (Å²) in [6.45, 7) is 3.21. The predicted octanol–water partition coefficient (Wildman–Crippen LogP) is 1.60. The summed E-state index contributed by atoms with van der Waals surface area (Å²) in [5.74, 6) is 1.13. The largest absolute Gasteiger partial charge is 0.455 e. The van der Waals surface area contributed by atoms with Gasteiger partial charge in [0, 0.05) is 24.2 Å². The molecule has 0 saturated carbocycles. The second-order valence-corrected chi connectivity index (χ2v) is 5.66. The molecule has 2 N–H and O–H groups in total. The van der Waals surface area contributed by atoms with E-state index in [1.165, 1.54) is 5.56 Å². The van der Waals surface area contributed by atoms with Gasteiger partial charge in [0.05, 0.1) is 24.5 Å². The third-order valence-electron chi connectivity index (χ3n) is 4.28. The summed E-state index contributed by atoms with van der Waals surface area (Å²) < 4.78 is 11.1. The molecule has 2 aliphatic rings. The molecule has 4 rings (SSSR count). The highest BCUT2D eigenvalue weighted by atomic mass is 16.5. The van der Waals surface area contributed by atoms with E-state index in [1.54, 1.807) is 0 Å². The van der Waals surface area contributed by atoms with Crippen LogP contribution in [0.4, 0.5) is 0 Å². The van der Waals surface area contributed by atoms with Gasteiger partial charge in [0.25, 0.3) is 5.91 Å². The van der Waals surface area contributed by atoms with E-state index in [2.05, 4.69) is 15.5 Å². The third kappa shape index (κ3) is 1.98. The van der Waals surface area contributed by atoms with Crippen molar-refractivity contribution in [3.8, 4) is 11.3 Å². The van der Waals surface area contributed by atoms with Gasteiger partial charge in [0.2, 0.25) is 0 Å². The van der Waals surface area contributed by atoms with Crippen molar-refractivity contribution in [2.75, 3.05) is 13.2 Å². The highest BCUT2D eigenvalue weighted by Gasteiger charge is 2.29. The lowest BCUT2D eigenvalue weighted by atomic mass is 9.93. The summed E-state index contributed by atoms with van der Waals surface area (Å²) in [5.41, 5.74) is 4.05. The second-order valence-electron chi connectivity index (χ2n) is 5.66. The maximum Gasteiger partial charge on any atom is 0.287 e. The molecule has 1 saturated heterocycles. The number of carbonyl (C=O) groups excluding carboxylic acids is 1. The fourth-order valence-corrected chi connectivity index (χ4v) is 3.16. The van der Waals surface area contributed by atoms with Crippen LogP contribution in [0.5, 0.6) is 0 Å². The Hall–Kier alpha value is -2.08. The minimum atomic E-state index is -0.154. The number of nitrogens with zero attached hydrogens (tertiary/aromatic N) is 1. The van der Waals surface area contributed by atoms with Crippen LogP contribution in [0.2, 0.25) is 0 Å². The molecule has 0 spiro atoms. The number of amides is 1. The number of nitrogens with one attached hydrogen (secondary N) is 2. The molecule has 3 heterocycles. The van der Waals surface area contributed by atoms with E-state index in [4.69, 9.17) is 9.15 Å². The lowest BCUT2D eigenvalue weighted by Gasteiger charge is -2.10. The van der Waals surface area contributed by atoms with Crippen LogP contribution < -0.4 is 5.32 Å². The average molecular weight is 287 g/mol. The predicted molar refractivity (Wildman–Crippen MR) is 75.1 cm³/mol. The first-order chi connectivity index (χ1) is 10.2. The SMILES string of the molecule is Cc1c(C(=O)NC2CCOC2)oc2c1-c1[nH]ncc1CC2. The molecule has 0 radical (unpaired) electrons. The monoisotopic (exact) mass is 287 g/mol. The summed E-state index contributed by atoms with van der Waals surface area (Å²) >= 11 is 0. The number of aromatic nitrogens is 2. The third-order valence-corrected chi connectivity index (χ3v) is 4.28. The molecule has 1 aliphatic heterocycles. The van der Waals surface area contributed by atoms with Gasteiger partial charge in [-0.15, -0.1) is 0 Å². The number of ether oxygens (including phenoxy) is 1. The Balaban J connectivity index is 1.67. The van der Waals surface area contributed by atoms with Crippen molar-refractivity contribution in [1.29, 1.82) is 0 Å². The number of furan rings is 1. The van der Waals surface area contributed by atoms with Gasteiger partial charge >= 0.3 is 0 Å². The second kappa shape index (κ2) is 4.73. The zero-order valence-corrected chi connectivity index (χ0v) is 11.9. The van der Waals surface area contributed by atoms with Crippen molar-refractivity contribution in [2.24, 2.45) is 0 Å². The van der Waals surface area contributed by atoms with Gasteiger partial charge in [-0.05, 0) is 25.3 Å². The standard InChI is InChI=1S/C15H17N3O3/c1-8-12-11(3-2-9-6-16-18-13(9)12)21-14(8)15(19)17-10-4-5-20-7-10/h6,10H,2-5,7H2,1H3,(H,16,18)(H,17,19). The number of rotatable bonds is 2. The van der Waals surface area contributed by atoms with Crippen LogP contribution in [0, 0.1) is 6.92 Å². The van der Waals surface area contributed by atoms with Crippen molar-refractivity contribution in [3.63, 3.8) is 0 Å². The Morgan fingerprint density at radius 3 is 3.19 bits per heavy atom. The Bertz CT molecular complexity index is 695. The van der Waals surface area contributed by atoms with Crippen LogP contribution in [-0.4, -0.2) is 35.4 Å². The Labute approximate surface area is 121 Å². The van der Waals surface area contributed by atoms with Gasteiger partial charge in [-0.1, -0.05) is 0 Å². The highest BCUT2D eigenvalue weighted by Crippen LogP contribution is 2.37. The molecule has 1 aliphatic carbocycles. The maximum atomic E-state index is 12.4. The quantitative estimate of drug-likeness (QED) is 0.879. The summed E-state index contributed by atoms with van der Waals surface area (Å²) in [5, 5.41) is 10.1. The lowest BCUT2D eigenvalue weighted by Crippen LogP contribution is -2.35. The van der Waals surface area contributed by atoms with Crippen LogP contribution in [-0.2, 0) is 17.6 Å². The molecule has 6 heteroatoms. The van der Waals surface area contributed by atoms with E-state index >= 15 is 0 Å². The Morgan fingerprint density at radius 1 is 1.48 bits per heavy atom. The molecule has 21 heavy (non-hydrogen) atoms. The van der Waals surface area contributed by atoms with Gasteiger partial charge in [-0.3, -0.25) is 9.89 Å². The van der Waals surface area contributed by atoms with Crippen molar-refractivity contribution in [3.05, 3.63) is 28.8 Å². The van der Waals surface area contributed by atoms with Crippen molar-refractivity contribution >= 4 is 5.91 Å². The minimum Gasteiger partial charge on any atom is -0.455 e. The summed E-state index contributed by atoms with van der Waals surface area (Å²) in [7, 11) is 0. The number of aryl methyl sites for hydroxylation is 2. The van der Waals surface area contributed by atoms with Crippen LogP contribution in [0.25, 0.3) is 11.3 Å². The van der Waals surface area contributed by atoms with E-state index in [-0.39, 0.29) is 11.9 Å². The zero-order chi connectivity index (χ0) is 14.4. The van der Waals surface area contributed by atoms with Crippen LogP contribution in [0.15, 0.2) is 10.6 Å². The summed E-state index contributed by atoms with van der Waals surface area (Å²) in [4.78, 5) is 12.4. The van der Waals surface area contributed by atoms with Crippen molar-refractivity contribution < 1.29 is 13.9 Å². The summed E-state index contributed by atoms with van der Waals surface area (Å²) in [6.07, 6.45) is 4.40. The van der Waals surface area contributed by atoms with Crippen molar-refractivity contribution in [1.82, 2.24) is 15.5 Å². The fraction of sp³-hybridized carbons (Fsp3) is 0.467. The molecular weight excluding hydrogens is 270 g/mol. The molecule has 1 fully saturated rings. The molecule has 1 atom stereocenters. The van der Waals surface area contributed by atoms with E-state index in [0.29, 0.717) is 19.0 Å². The Kier molecular flexibility index (Phi) is 2.85. The van der Waals surface area contributed by atoms with E-state index < -0.39 is 0 Å². The number of H-pyrrole nitrogens is 1. The van der Waals surface area contributed by atoms with Gasteiger partial charge in [-0.2, -0.15) is 5.10 Å². The molecule has 6 nitrogen and oxygen atoms in total. The summed E-state index contributed by atoms with van der Waals surface area (Å²) in [6, 6.07) is 0.0849. The lowest BCUT2D eigenvalue weighted by molar-refractivity contribution is 0.0899. The van der Waals surface area contributed by atoms with Crippen LogP contribution in [0.3, 0.4) is 0 Å². The molecular formula is C15H17N3O3. The minimum absolute atomic E-state index is 0.0849. The topological polar surface area (TPSA) is 80.1 Å². The maximum absolute atomic E-state index is 12.4. The van der Waals surface area contributed by atoms with Gasteiger partial charge in [-0.25, -0.2) is 0 Å². The van der Waals surface area contributed by atoms with Gasteiger partial charge < -0.3 is 14.5 Å². The van der Waals surface area contributed by atoms with Crippen molar-refractivity contribution in [2.45, 2.75) is 32.2 Å². The van der Waals surface area contributed by atoms with E-state index in [1.807, 2.05) is 13.1 Å². The van der Waals surface area contributed by atoms with Crippen LogP contribution >= 0.6 is 0 Å². The van der Waals surface area contributed by atoms with E-state index in [9.17, 15) is 4.79 Å². The highest BCUT2D eigenvalue weighted by molar-refractivity contribution is 5.95. The van der Waals surface area contributed by atoms with Gasteiger partial charge in [0.15, 0.2) is 5.76 Å². The number of carbonyl (C=O) groups is 1. The average Bonchev–Trinajstić information content (AvgIpc) is 3.17. The zero-order valence-electron chi connectivity index (χ0n) is 11.9. The molecule has 0 bridgehead atoms. The molecule has 1 unspecified atom stereocenters. The number of hydrogen-bond acceptors (Lipinski definition) is 4. The molecule has 1 amide bonds. The van der Waals surface area contributed by atoms with E-state index in [0.717, 1.165) is 41.8 Å². The first-order valence-electron chi connectivity index (χ1n) is 7.27. The first kappa shape index (κ1) is 12.6. The Morgan fingerprint density at radius 2 is 2.38 bits per heavy atom.